The van der Waals surface area contributed by atoms with Gasteiger partial charge in [0.25, 0.3) is 0 Å². The molecule has 3 unspecified atom stereocenters. The third-order valence-corrected chi connectivity index (χ3v) is 3.59. The number of ether oxygens (including phenoxy) is 4. The standard InChI is InChI=1S/C13H23IO6/c1-5-13(2,3)20-12-9(16)11(17-4)10(18-7-14)8(6-15)19-12/h5,8-12,15-16H,1,6-7H2,2-4H3/t8?,9?,10-,11?,12-/m1/s1. The van der Waals surface area contributed by atoms with Crippen LogP contribution in [-0.4, -0.2) is 64.9 Å². The molecule has 0 bridgehead atoms. The van der Waals surface area contributed by atoms with Crippen LogP contribution in [0.4, 0.5) is 0 Å². The van der Waals surface area contributed by atoms with Crippen LogP contribution in [0.25, 0.3) is 0 Å². The number of halogens is 1. The van der Waals surface area contributed by atoms with Gasteiger partial charge in [-0.15, -0.1) is 6.58 Å². The predicted molar refractivity (Wildman–Crippen MR) is 81.7 cm³/mol. The van der Waals surface area contributed by atoms with Crippen molar-refractivity contribution in [3.8, 4) is 0 Å². The molecule has 2 N–H and O–H groups in total. The Hall–Kier alpha value is 0.230. The van der Waals surface area contributed by atoms with Crippen LogP contribution in [0.5, 0.6) is 0 Å². The van der Waals surface area contributed by atoms with Crippen LogP contribution >= 0.6 is 22.6 Å². The summed E-state index contributed by atoms with van der Waals surface area (Å²) in [6.07, 6.45) is -2.13. The van der Waals surface area contributed by atoms with Crippen molar-refractivity contribution < 1.29 is 29.2 Å². The molecule has 0 aromatic carbocycles. The van der Waals surface area contributed by atoms with Gasteiger partial charge in [0.05, 0.1) is 16.8 Å². The van der Waals surface area contributed by atoms with Gasteiger partial charge in [0, 0.05) is 7.11 Å². The summed E-state index contributed by atoms with van der Waals surface area (Å²) in [5.41, 5.74) is -0.666. The Morgan fingerprint density at radius 2 is 2.05 bits per heavy atom. The highest BCUT2D eigenvalue weighted by atomic mass is 127. The number of aliphatic hydroxyl groups excluding tert-OH is 2. The van der Waals surface area contributed by atoms with Crippen molar-refractivity contribution in [3.05, 3.63) is 12.7 Å². The number of alkyl halides is 1. The Morgan fingerprint density at radius 1 is 1.40 bits per heavy atom. The average molecular weight is 402 g/mol. The normalized spacial score (nSPS) is 35.0. The van der Waals surface area contributed by atoms with Crippen molar-refractivity contribution in [1.29, 1.82) is 0 Å². The van der Waals surface area contributed by atoms with Gasteiger partial charge in [0.2, 0.25) is 0 Å². The van der Waals surface area contributed by atoms with Gasteiger partial charge in [-0.1, -0.05) is 28.7 Å². The molecule has 1 heterocycles. The fraction of sp³-hybridized carbons (Fsp3) is 0.846. The minimum Gasteiger partial charge on any atom is -0.394 e. The Kier molecular flexibility index (Phi) is 7.33. The molecule has 0 radical (unpaired) electrons. The zero-order valence-electron chi connectivity index (χ0n) is 12.0. The maximum Gasteiger partial charge on any atom is 0.187 e. The fourth-order valence-electron chi connectivity index (χ4n) is 2.03. The van der Waals surface area contributed by atoms with Crippen LogP contribution in [0, 0.1) is 0 Å². The Balaban J connectivity index is 2.88. The molecule has 6 nitrogen and oxygen atoms in total. The van der Waals surface area contributed by atoms with E-state index in [1.165, 1.54) is 7.11 Å². The second-order valence-corrected chi connectivity index (χ2v) is 5.71. The smallest absolute Gasteiger partial charge is 0.187 e. The Morgan fingerprint density at radius 3 is 2.50 bits per heavy atom. The summed E-state index contributed by atoms with van der Waals surface area (Å²) in [5, 5.41) is 19.8. The highest BCUT2D eigenvalue weighted by Gasteiger charge is 2.47. The minimum absolute atomic E-state index is 0.248. The van der Waals surface area contributed by atoms with E-state index < -0.39 is 36.3 Å². The number of aliphatic hydroxyl groups is 2. The first-order chi connectivity index (χ1) is 9.40. The molecule has 1 aliphatic rings. The summed E-state index contributed by atoms with van der Waals surface area (Å²) in [6, 6.07) is 0. The summed E-state index contributed by atoms with van der Waals surface area (Å²) < 4.78 is 22.5. The zero-order valence-corrected chi connectivity index (χ0v) is 14.1. The highest BCUT2D eigenvalue weighted by molar-refractivity contribution is 14.1. The van der Waals surface area contributed by atoms with Gasteiger partial charge in [0.15, 0.2) is 6.29 Å². The lowest BCUT2D eigenvalue weighted by atomic mass is 9.98. The van der Waals surface area contributed by atoms with Crippen molar-refractivity contribution >= 4 is 22.6 Å². The van der Waals surface area contributed by atoms with Crippen molar-refractivity contribution in [2.24, 2.45) is 0 Å². The van der Waals surface area contributed by atoms with Crippen LogP contribution in [0.1, 0.15) is 13.8 Å². The zero-order chi connectivity index (χ0) is 15.3. The first-order valence-electron chi connectivity index (χ1n) is 6.36. The van der Waals surface area contributed by atoms with Gasteiger partial charge in [-0.05, 0) is 13.8 Å². The van der Waals surface area contributed by atoms with E-state index in [1.54, 1.807) is 19.9 Å². The van der Waals surface area contributed by atoms with E-state index in [2.05, 4.69) is 6.58 Å². The van der Waals surface area contributed by atoms with E-state index in [0.29, 0.717) is 4.61 Å². The summed E-state index contributed by atoms with van der Waals surface area (Å²) in [6.45, 7) is 7.04. The molecule has 5 atom stereocenters. The number of methoxy groups -OCH3 is 1. The van der Waals surface area contributed by atoms with Gasteiger partial charge >= 0.3 is 0 Å². The van der Waals surface area contributed by atoms with Gasteiger partial charge in [-0.3, -0.25) is 0 Å². The first-order valence-corrected chi connectivity index (χ1v) is 7.89. The largest absolute Gasteiger partial charge is 0.394 e. The van der Waals surface area contributed by atoms with E-state index in [0.717, 1.165) is 0 Å². The van der Waals surface area contributed by atoms with Crippen molar-refractivity contribution in [2.45, 2.75) is 50.2 Å². The van der Waals surface area contributed by atoms with Crippen LogP contribution in [0.2, 0.25) is 0 Å². The summed E-state index contributed by atoms with van der Waals surface area (Å²) in [7, 11) is 1.48. The first kappa shape index (κ1) is 18.3. The molecule has 0 aromatic rings. The fourth-order valence-corrected chi connectivity index (χ4v) is 2.45. The van der Waals surface area contributed by atoms with E-state index in [4.69, 9.17) is 18.9 Å². The Bertz CT molecular complexity index is 311. The van der Waals surface area contributed by atoms with Crippen molar-refractivity contribution in [2.75, 3.05) is 18.3 Å². The molecule has 0 amide bonds. The quantitative estimate of drug-likeness (QED) is 0.374. The SMILES string of the molecule is C=CC(C)(C)O[C@H]1OC(CO)[C@@H](OCI)C(OC)C1O. The molecule has 1 rings (SSSR count). The lowest BCUT2D eigenvalue weighted by Gasteiger charge is -2.44. The lowest BCUT2D eigenvalue weighted by Crippen LogP contribution is -2.61. The van der Waals surface area contributed by atoms with E-state index in [1.807, 2.05) is 22.6 Å². The molecular weight excluding hydrogens is 379 g/mol. The lowest BCUT2D eigenvalue weighted by molar-refractivity contribution is -0.323. The third kappa shape index (κ3) is 4.36. The van der Waals surface area contributed by atoms with E-state index >= 15 is 0 Å². The maximum absolute atomic E-state index is 10.3. The second kappa shape index (κ2) is 8.02. The molecule has 20 heavy (non-hydrogen) atoms. The molecule has 0 aromatic heterocycles. The average Bonchev–Trinajstić information content (AvgIpc) is 2.42. The van der Waals surface area contributed by atoms with Crippen LogP contribution in [-0.2, 0) is 18.9 Å². The molecule has 1 fully saturated rings. The maximum atomic E-state index is 10.3. The second-order valence-electron chi connectivity index (χ2n) is 5.08. The van der Waals surface area contributed by atoms with Gasteiger partial charge in [0.1, 0.15) is 24.4 Å². The molecule has 0 aliphatic carbocycles. The molecule has 0 spiro atoms. The van der Waals surface area contributed by atoms with Crippen molar-refractivity contribution in [3.63, 3.8) is 0 Å². The number of rotatable bonds is 7. The van der Waals surface area contributed by atoms with Gasteiger partial charge < -0.3 is 29.2 Å². The number of hydrogen-bond donors (Lipinski definition) is 2. The van der Waals surface area contributed by atoms with Crippen molar-refractivity contribution in [1.82, 2.24) is 0 Å². The predicted octanol–water partition coefficient (Wildman–Crippen LogP) is 0.838. The van der Waals surface area contributed by atoms with E-state index in [9.17, 15) is 10.2 Å². The summed E-state index contributed by atoms with van der Waals surface area (Å²) >= 11 is 2.04. The molecule has 1 saturated heterocycles. The molecule has 118 valence electrons. The third-order valence-electron chi connectivity index (χ3n) is 3.23. The monoisotopic (exact) mass is 402 g/mol. The van der Waals surface area contributed by atoms with Crippen LogP contribution in [0.3, 0.4) is 0 Å². The topological polar surface area (TPSA) is 77.4 Å². The summed E-state index contributed by atoms with van der Waals surface area (Å²) in [4.78, 5) is 0. The minimum atomic E-state index is -1.02. The van der Waals surface area contributed by atoms with Gasteiger partial charge in [-0.2, -0.15) is 0 Å². The molecule has 7 heteroatoms. The highest BCUT2D eigenvalue weighted by Crippen LogP contribution is 2.29. The Labute approximate surface area is 133 Å². The molecule has 1 aliphatic heterocycles. The molecule has 0 saturated carbocycles. The summed E-state index contributed by atoms with van der Waals surface area (Å²) in [5.74, 6) is 0. The van der Waals surface area contributed by atoms with E-state index in [-0.39, 0.29) is 6.61 Å². The van der Waals surface area contributed by atoms with Crippen LogP contribution in [0.15, 0.2) is 12.7 Å². The number of hydrogen-bond acceptors (Lipinski definition) is 6. The van der Waals surface area contributed by atoms with Gasteiger partial charge in [-0.25, -0.2) is 0 Å². The molecular formula is C13H23IO6. The van der Waals surface area contributed by atoms with Crippen LogP contribution < -0.4 is 0 Å².